The number of hydrogen-bond acceptors (Lipinski definition) is 2. The van der Waals surface area contributed by atoms with E-state index in [1.54, 1.807) is 22.7 Å². The van der Waals surface area contributed by atoms with Crippen LogP contribution in [-0.4, -0.2) is 0 Å². The minimum Gasteiger partial charge on any atom is -0.143 e. The van der Waals surface area contributed by atoms with Gasteiger partial charge in [0.2, 0.25) is 0 Å². The van der Waals surface area contributed by atoms with Gasteiger partial charge < -0.3 is 0 Å². The molecular formula is C26H24S2. The van der Waals surface area contributed by atoms with E-state index in [1.165, 1.54) is 62.2 Å². The van der Waals surface area contributed by atoms with Crippen LogP contribution >= 0.6 is 22.7 Å². The summed E-state index contributed by atoms with van der Waals surface area (Å²) in [7, 11) is 0. The highest BCUT2D eigenvalue weighted by Gasteiger charge is 2.07. The van der Waals surface area contributed by atoms with Crippen molar-refractivity contribution >= 4 is 32.1 Å². The second-order valence-corrected chi connectivity index (χ2v) is 9.12. The van der Waals surface area contributed by atoms with Crippen LogP contribution < -0.4 is 0 Å². The third kappa shape index (κ3) is 4.22. The van der Waals surface area contributed by atoms with Crippen LogP contribution in [-0.2, 0) is 6.42 Å². The first-order valence-electron chi connectivity index (χ1n) is 9.92. The fourth-order valence-corrected chi connectivity index (χ4v) is 5.56. The number of unbranched alkanes of at least 4 members (excludes halogenated alkanes) is 2. The Labute approximate surface area is 175 Å². The lowest BCUT2D eigenvalue weighted by Crippen LogP contribution is -1.86. The Kier molecular flexibility index (Phi) is 5.95. The lowest BCUT2D eigenvalue weighted by Gasteiger charge is -2.05. The minimum atomic E-state index is 1.07. The molecule has 0 N–H and O–H groups in total. The number of aryl methyl sites for hydroxylation is 2. The quantitative estimate of drug-likeness (QED) is 0.235. The molecule has 2 heterocycles. The van der Waals surface area contributed by atoms with Crippen LogP contribution in [0.25, 0.3) is 20.5 Å². The largest absolute Gasteiger partial charge is 0.143 e. The van der Waals surface area contributed by atoms with Crippen LogP contribution in [0, 0.1) is 18.8 Å². The molecule has 2 aromatic carbocycles. The molecule has 140 valence electrons. The van der Waals surface area contributed by atoms with Gasteiger partial charge in [0.25, 0.3) is 0 Å². The van der Waals surface area contributed by atoms with Crippen molar-refractivity contribution in [1.29, 1.82) is 0 Å². The first kappa shape index (κ1) is 19.0. The van der Waals surface area contributed by atoms with Gasteiger partial charge in [0.15, 0.2) is 0 Å². The van der Waals surface area contributed by atoms with Gasteiger partial charge >= 0.3 is 0 Å². The molecule has 0 unspecified atom stereocenters. The average Bonchev–Trinajstić information content (AvgIpc) is 3.31. The maximum atomic E-state index is 3.37. The molecule has 0 aliphatic heterocycles. The van der Waals surface area contributed by atoms with Gasteiger partial charge in [-0.3, -0.25) is 0 Å². The highest BCUT2D eigenvalue weighted by Crippen LogP contribution is 2.34. The first-order chi connectivity index (χ1) is 13.7. The zero-order chi connectivity index (χ0) is 19.3. The third-order valence-corrected chi connectivity index (χ3v) is 7.42. The van der Waals surface area contributed by atoms with Crippen LogP contribution in [0.15, 0.2) is 60.0 Å². The molecule has 0 atom stereocenters. The summed E-state index contributed by atoms with van der Waals surface area (Å²) in [5.41, 5.74) is 6.34. The fraction of sp³-hybridized carbons (Fsp3) is 0.231. The van der Waals surface area contributed by atoms with E-state index in [9.17, 15) is 0 Å². The van der Waals surface area contributed by atoms with Crippen molar-refractivity contribution < 1.29 is 0 Å². The van der Waals surface area contributed by atoms with E-state index in [0.29, 0.717) is 0 Å². The second kappa shape index (κ2) is 8.78. The lowest BCUT2D eigenvalue weighted by atomic mass is 10.0. The van der Waals surface area contributed by atoms with Crippen molar-refractivity contribution in [2.24, 2.45) is 0 Å². The van der Waals surface area contributed by atoms with E-state index in [0.717, 1.165) is 5.56 Å². The molecule has 2 heteroatoms. The summed E-state index contributed by atoms with van der Waals surface area (Å²) < 4.78 is 2.73. The Bertz CT molecular complexity index is 1110. The van der Waals surface area contributed by atoms with Crippen LogP contribution in [0.2, 0.25) is 0 Å². The molecule has 0 saturated carbocycles. The summed E-state index contributed by atoms with van der Waals surface area (Å²) in [6.45, 7) is 4.43. The third-order valence-electron chi connectivity index (χ3n) is 5.08. The number of benzene rings is 2. The summed E-state index contributed by atoms with van der Waals surface area (Å²) in [5, 5.41) is 2.15. The average molecular weight is 401 g/mol. The monoisotopic (exact) mass is 400 g/mol. The van der Waals surface area contributed by atoms with Crippen molar-refractivity contribution in [2.75, 3.05) is 0 Å². The van der Waals surface area contributed by atoms with Crippen molar-refractivity contribution in [2.45, 2.75) is 39.5 Å². The zero-order valence-electron chi connectivity index (χ0n) is 16.4. The Morgan fingerprint density at radius 2 is 1.54 bits per heavy atom. The van der Waals surface area contributed by atoms with E-state index in [1.807, 2.05) is 0 Å². The summed E-state index contributed by atoms with van der Waals surface area (Å²) >= 11 is 3.60. The maximum Gasteiger partial charge on any atom is 0.0822 e. The minimum absolute atomic E-state index is 1.07. The van der Waals surface area contributed by atoms with Gasteiger partial charge in [0.05, 0.1) is 4.88 Å². The summed E-state index contributed by atoms with van der Waals surface area (Å²) in [5.74, 6) is 6.71. The van der Waals surface area contributed by atoms with Gasteiger partial charge in [-0.1, -0.05) is 68.0 Å². The Morgan fingerprint density at radius 1 is 0.821 bits per heavy atom. The van der Waals surface area contributed by atoms with Crippen molar-refractivity contribution in [3.8, 4) is 23.0 Å². The van der Waals surface area contributed by atoms with Crippen molar-refractivity contribution in [3.05, 3.63) is 81.5 Å². The van der Waals surface area contributed by atoms with Gasteiger partial charge in [0.1, 0.15) is 0 Å². The second-order valence-electron chi connectivity index (χ2n) is 7.15. The highest BCUT2D eigenvalue weighted by molar-refractivity contribution is 7.27. The van der Waals surface area contributed by atoms with Gasteiger partial charge in [-0.2, -0.15) is 0 Å². The normalized spacial score (nSPS) is 10.8. The number of rotatable bonds is 5. The van der Waals surface area contributed by atoms with Gasteiger partial charge in [0, 0.05) is 15.0 Å². The molecule has 4 aromatic rings. The predicted octanol–water partition coefficient (Wildman–Crippen LogP) is 8.07. The summed E-state index contributed by atoms with van der Waals surface area (Å²) in [6.07, 6.45) is 5.05. The molecule has 0 amide bonds. The molecule has 0 fully saturated rings. The van der Waals surface area contributed by atoms with Crippen LogP contribution in [0.4, 0.5) is 0 Å². The highest BCUT2D eigenvalue weighted by atomic mass is 32.1. The fourth-order valence-electron chi connectivity index (χ4n) is 3.38. The maximum absolute atomic E-state index is 3.37. The van der Waals surface area contributed by atoms with E-state index >= 15 is 0 Å². The SMILES string of the molecule is CCCCCc1ccc(-c2ccc(C#Cc3sc4ccsc4c3C)cc2)cc1. The molecule has 28 heavy (non-hydrogen) atoms. The number of hydrogen-bond donors (Lipinski definition) is 0. The zero-order valence-corrected chi connectivity index (χ0v) is 18.1. The first-order valence-corrected chi connectivity index (χ1v) is 11.6. The molecule has 4 rings (SSSR count). The Hall–Kier alpha value is -2.34. The smallest absolute Gasteiger partial charge is 0.0822 e. The van der Waals surface area contributed by atoms with Gasteiger partial charge in [-0.15, -0.1) is 22.7 Å². The molecule has 0 spiro atoms. The standard InChI is InChI=1S/C26H24S2/c1-3-4-5-6-20-7-12-22(13-8-20)23-14-9-21(10-15-23)11-16-24-19(2)26-25(28-24)17-18-27-26/h7-10,12-15,17-18H,3-6H2,1-2H3. The number of thiophene rings is 2. The van der Waals surface area contributed by atoms with Crippen molar-refractivity contribution in [1.82, 2.24) is 0 Å². The van der Waals surface area contributed by atoms with Crippen LogP contribution in [0.5, 0.6) is 0 Å². The molecular weight excluding hydrogens is 376 g/mol. The molecule has 0 saturated heterocycles. The van der Waals surface area contributed by atoms with Crippen LogP contribution in [0.3, 0.4) is 0 Å². The number of fused-ring (bicyclic) bond motifs is 1. The Balaban J connectivity index is 1.47. The molecule has 0 bridgehead atoms. The molecule has 0 radical (unpaired) electrons. The van der Waals surface area contributed by atoms with E-state index in [4.69, 9.17) is 0 Å². The Morgan fingerprint density at radius 3 is 2.21 bits per heavy atom. The predicted molar refractivity (Wildman–Crippen MR) is 126 cm³/mol. The molecule has 0 aliphatic carbocycles. The van der Waals surface area contributed by atoms with E-state index < -0.39 is 0 Å². The summed E-state index contributed by atoms with van der Waals surface area (Å²) in [4.78, 5) is 1.18. The van der Waals surface area contributed by atoms with Crippen LogP contribution in [0.1, 0.15) is 47.8 Å². The van der Waals surface area contributed by atoms with E-state index in [-0.39, 0.29) is 0 Å². The van der Waals surface area contributed by atoms with Crippen molar-refractivity contribution in [3.63, 3.8) is 0 Å². The topological polar surface area (TPSA) is 0 Å². The molecule has 2 aromatic heterocycles. The lowest BCUT2D eigenvalue weighted by molar-refractivity contribution is 0.717. The van der Waals surface area contributed by atoms with Gasteiger partial charge in [-0.05, 0) is 65.6 Å². The van der Waals surface area contributed by atoms with Gasteiger partial charge in [-0.25, -0.2) is 0 Å². The van der Waals surface area contributed by atoms with E-state index in [2.05, 4.69) is 85.7 Å². The molecule has 0 nitrogen and oxygen atoms in total. The molecule has 0 aliphatic rings. The summed E-state index contributed by atoms with van der Waals surface area (Å²) in [6, 6.07) is 19.8.